The molecule has 0 radical (unpaired) electrons. The summed E-state index contributed by atoms with van der Waals surface area (Å²) in [6.07, 6.45) is 3.99. The lowest BCUT2D eigenvalue weighted by Crippen LogP contribution is -2.30. The van der Waals surface area contributed by atoms with Crippen molar-refractivity contribution in [2.24, 2.45) is 22.9 Å². The zero-order valence-electron chi connectivity index (χ0n) is 12.7. The van der Waals surface area contributed by atoms with Gasteiger partial charge in [-0.05, 0) is 49.3 Å². The Morgan fingerprint density at radius 3 is 2.86 bits per heavy atom. The van der Waals surface area contributed by atoms with Crippen molar-refractivity contribution in [2.45, 2.75) is 25.4 Å². The lowest BCUT2D eigenvalue weighted by atomic mass is 9.81. The molecule has 1 aliphatic heterocycles. The Kier molecular flexibility index (Phi) is 3.10. The monoisotopic (exact) mass is 301 g/mol. The van der Waals surface area contributed by atoms with Crippen LogP contribution in [0.15, 0.2) is 23.4 Å². The second-order valence-corrected chi connectivity index (χ2v) is 6.31. The van der Waals surface area contributed by atoms with Crippen molar-refractivity contribution in [3.63, 3.8) is 0 Å². The van der Waals surface area contributed by atoms with Gasteiger partial charge in [0.25, 0.3) is 0 Å². The van der Waals surface area contributed by atoms with Crippen LogP contribution >= 0.6 is 0 Å². The largest absolute Gasteiger partial charge is 0.496 e. The van der Waals surface area contributed by atoms with E-state index in [9.17, 15) is 4.79 Å². The Morgan fingerprint density at radius 1 is 1.27 bits per heavy atom. The molecule has 1 aromatic carbocycles. The lowest BCUT2D eigenvalue weighted by molar-refractivity contribution is 0.0275. The third-order valence-electron chi connectivity index (χ3n) is 5.33. The molecule has 4 rings (SSSR count). The maximum atomic E-state index is 11.9. The molecular formula is C17H19NO4. The molecule has 0 amide bonds. The summed E-state index contributed by atoms with van der Waals surface area (Å²) in [6.45, 7) is 0. The number of fused-ring (bicyclic) bond motifs is 5. The number of carbonyl (C=O) groups excluding carboxylic acids is 1. The van der Waals surface area contributed by atoms with Gasteiger partial charge in [0.1, 0.15) is 17.4 Å². The molecule has 2 aliphatic carbocycles. The van der Waals surface area contributed by atoms with Crippen LogP contribution < -0.4 is 4.74 Å². The van der Waals surface area contributed by atoms with Gasteiger partial charge in [-0.15, -0.1) is 0 Å². The summed E-state index contributed by atoms with van der Waals surface area (Å²) in [6, 6.07) is 5.55. The van der Waals surface area contributed by atoms with Gasteiger partial charge in [0.05, 0.1) is 19.9 Å². The van der Waals surface area contributed by atoms with Crippen LogP contribution in [0.1, 0.15) is 35.2 Å². The average molecular weight is 301 g/mol. The van der Waals surface area contributed by atoms with Crippen molar-refractivity contribution >= 4 is 11.7 Å². The van der Waals surface area contributed by atoms with E-state index < -0.39 is 5.97 Å². The summed E-state index contributed by atoms with van der Waals surface area (Å²) < 4.78 is 10.1. The second kappa shape index (κ2) is 5.00. The Morgan fingerprint density at radius 2 is 2.09 bits per heavy atom. The van der Waals surface area contributed by atoms with Crippen LogP contribution in [0.3, 0.4) is 0 Å². The lowest BCUT2D eigenvalue weighted by Gasteiger charge is -2.23. The van der Waals surface area contributed by atoms with E-state index in [0.29, 0.717) is 29.1 Å². The number of hydrogen-bond acceptors (Lipinski definition) is 5. The smallest absolute Gasteiger partial charge is 0.341 e. The standard InChI is InChI=1S/C17H19NO4/c1-20-13-6-5-10(8-12(13)17(19)21-2)15-14-9-3-4-11(7-9)16(14)22-18-15/h5-6,8-9,11,14,16H,3-4,7H2,1-2H3. The fourth-order valence-electron chi connectivity index (χ4n) is 4.33. The molecule has 22 heavy (non-hydrogen) atoms. The summed E-state index contributed by atoms with van der Waals surface area (Å²) in [5.41, 5.74) is 2.34. The third kappa shape index (κ3) is 1.84. The van der Waals surface area contributed by atoms with Gasteiger partial charge in [0, 0.05) is 11.5 Å². The van der Waals surface area contributed by atoms with E-state index in [0.717, 1.165) is 11.3 Å². The van der Waals surface area contributed by atoms with Crippen LogP contribution in [-0.4, -0.2) is 32.0 Å². The highest BCUT2D eigenvalue weighted by molar-refractivity contribution is 6.05. The summed E-state index contributed by atoms with van der Waals surface area (Å²) in [4.78, 5) is 17.6. The first-order chi connectivity index (χ1) is 10.7. The Balaban J connectivity index is 1.70. The summed E-state index contributed by atoms with van der Waals surface area (Å²) in [7, 11) is 2.92. The number of benzene rings is 1. The van der Waals surface area contributed by atoms with Crippen LogP contribution in [-0.2, 0) is 9.57 Å². The van der Waals surface area contributed by atoms with Crippen LogP contribution in [0, 0.1) is 17.8 Å². The zero-order valence-corrected chi connectivity index (χ0v) is 12.7. The van der Waals surface area contributed by atoms with E-state index in [1.54, 1.807) is 19.2 Å². The highest BCUT2D eigenvalue weighted by Gasteiger charge is 2.54. The Bertz CT molecular complexity index is 654. The van der Waals surface area contributed by atoms with Gasteiger partial charge in [0.15, 0.2) is 0 Å². The number of oxime groups is 1. The molecule has 0 saturated heterocycles. The molecule has 0 spiro atoms. The minimum Gasteiger partial charge on any atom is -0.496 e. The van der Waals surface area contributed by atoms with E-state index >= 15 is 0 Å². The van der Waals surface area contributed by atoms with Gasteiger partial charge in [-0.3, -0.25) is 0 Å². The summed E-state index contributed by atoms with van der Waals surface area (Å²) in [5, 5.41) is 4.34. The normalized spacial score (nSPS) is 31.5. The topological polar surface area (TPSA) is 57.1 Å². The first-order valence-electron chi connectivity index (χ1n) is 7.73. The molecule has 2 saturated carbocycles. The summed E-state index contributed by atoms with van der Waals surface area (Å²) in [5.74, 6) is 1.80. The quantitative estimate of drug-likeness (QED) is 0.805. The van der Waals surface area contributed by atoms with Gasteiger partial charge < -0.3 is 14.3 Å². The highest BCUT2D eigenvalue weighted by Crippen LogP contribution is 2.53. The van der Waals surface area contributed by atoms with Gasteiger partial charge in [0.2, 0.25) is 0 Å². The van der Waals surface area contributed by atoms with E-state index in [4.69, 9.17) is 14.3 Å². The maximum Gasteiger partial charge on any atom is 0.341 e. The fourth-order valence-corrected chi connectivity index (χ4v) is 4.33. The number of hydrogen-bond donors (Lipinski definition) is 0. The van der Waals surface area contributed by atoms with E-state index in [1.807, 2.05) is 6.07 Å². The molecule has 0 aromatic heterocycles. The van der Waals surface area contributed by atoms with Gasteiger partial charge in [-0.2, -0.15) is 0 Å². The van der Waals surface area contributed by atoms with Crippen LogP contribution in [0.4, 0.5) is 0 Å². The molecule has 3 aliphatic rings. The van der Waals surface area contributed by atoms with Gasteiger partial charge >= 0.3 is 5.97 Å². The molecule has 0 N–H and O–H groups in total. The maximum absolute atomic E-state index is 11.9. The molecule has 2 fully saturated rings. The Labute approximate surface area is 129 Å². The van der Waals surface area contributed by atoms with Crippen molar-refractivity contribution in [2.75, 3.05) is 14.2 Å². The number of esters is 1. The predicted octanol–water partition coefficient (Wildman–Crippen LogP) is 2.63. The van der Waals surface area contributed by atoms with Crippen molar-refractivity contribution < 1.29 is 19.1 Å². The Hall–Kier alpha value is -2.04. The highest BCUT2D eigenvalue weighted by atomic mass is 16.6. The molecular weight excluding hydrogens is 282 g/mol. The molecule has 1 aromatic rings. The fraction of sp³-hybridized carbons (Fsp3) is 0.529. The first kappa shape index (κ1) is 13.6. The molecule has 4 atom stereocenters. The molecule has 5 heteroatoms. The summed E-state index contributed by atoms with van der Waals surface area (Å²) >= 11 is 0. The SMILES string of the molecule is COC(=O)c1cc(C2=NOC3C4CCC(C4)C23)ccc1OC. The molecule has 2 bridgehead atoms. The molecule has 116 valence electrons. The van der Waals surface area contributed by atoms with Gasteiger partial charge in [-0.25, -0.2) is 4.79 Å². The van der Waals surface area contributed by atoms with Crippen molar-refractivity contribution in [1.29, 1.82) is 0 Å². The average Bonchev–Trinajstić information content (AvgIpc) is 3.26. The van der Waals surface area contributed by atoms with Crippen molar-refractivity contribution in [3.05, 3.63) is 29.3 Å². The van der Waals surface area contributed by atoms with Crippen LogP contribution in [0.2, 0.25) is 0 Å². The van der Waals surface area contributed by atoms with Crippen LogP contribution in [0.5, 0.6) is 5.75 Å². The van der Waals surface area contributed by atoms with E-state index in [-0.39, 0.29) is 6.10 Å². The van der Waals surface area contributed by atoms with Crippen molar-refractivity contribution in [1.82, 2.24) is 0 Å². The predicted molar refractivity (Wildman–Crippen MR) is 80.1 cm³/mol. The first-order valence-corrected chi connectivity index (χ1v) is 7.73. The minimum atomic E-state index is -0.400. The molecule has 1 heterocycles. The minimum absolute atomic E-state index is 0.234. The number of nitrogens with zero attached hydrogens (tertiary/aromatic N) is 1. The molecule has 5 nitrogen and oxygen atoms in total. The number of ether oxygens (including phenoxy) is 2. The third-order valence-corrected chi connectivity index (χ3v) is 5.33. The van der Waals surface area contributed by atoms with E-state index in [1.165, 1.54) is 26.4 Å². The number of methoxy groups -OCH3 is 2. The number of rotatable bonds is 3. The zero-order chi connectivity index (χ0) is 15.3. The van der Waals surface area contributed by atoms with Gasteiger partial charge in [-0.1, -0.05) is 5.16 Å². The van der Waals surface area contributed by atoms with Crippen molar-refractivity contribution in [3.8, 4) is 5.75 Å². The number of carbonyl (C=O) groups is 1. The second-order valence-electron chi connectivity index (χ2n) is 6.31. The molecule has 4 unspecified atom stereocenters. The van der Waals surface area contributed by atoms with Crippen LogP contribution in [0.25, 0.3) is 0 Å². The van der Waals surface area contributed by atoms with E-state index in [2.05, 4.69) is 5.16 Å².